The van der Waals surface area contributed by atoms with Crippen LogP contribution in [0.25, 0.3) is 0 Å². The minimum absolute atomic E-state index is 0.0986. The van der Waals surface area contributed by atoms with Crippen molar-refractivity contribution in [2.45, 2.75) is 33.2 Å². The Balaban J connectivity index is 3.04. The van der Waals surface area contributed by atoms with E-state index in [-0.39, 0.29) is 12.5 Å². The van der Waals surface area contributed by atoms with Gasteiger partial charge in [-0.05, 0) is 27.7 Å². The first-order valence-corrected chi connectivity index (χ1v) is 5.13. The van der Waals surface area contributed by atoms with Gasteiger partial charge in [-0.3, -0.25) is 4.79 Å². The molecule has 1 heterocycles. The molecule has 1 N–H and O–H groups in total. The number of aromatic nitrogens is 1. The number of hydrogen-bond donors (Lipinski definition) is 1. The topological polar surface area (TPSA) is 66.6 Å². The Bertz CT molecular complexity index is 376. The average Bonchev–Trinajstić information content (AvgIpc) is 2.56. The number of likely N-dealkylation sites (N-methyl/N-ethyl adjacent to an activating group) is 1. The highest BCUT2D eigenvalue weighted by Crippen LogP contribution is 2.19. The Morgan fingerprint density at radius 3 is 2.44 bits per heavy atom. The SMILES string of the molecule is Cc1noc(C)c1C(=O)N(C)C(C)(C)CO. The lowest BCUT2D eigenvalue weighted by Gasteiger charge is -2.33. The van der Waals surface area contributed by atoms with Crippen LogP contribution in [-0.4, -0.2) is 40.3 Å². The van der Waals surface area contributed by atoms with Crippen LogP contribution in [0.5, 0.6) is 0 Å². The monoisotopic (exact) mass is 226 g/mol. The molecule has 0 fully saturated rings. The average molecular weight is 226 g/mol. The third-order valence-electron chi connectivity index (χ3n) is 2.85. The summed E-state index contributed by atoms with van der Waals surface area (Å²) in [5, 5.41) is 13.0. The third kappa shape index (κ3) is 2.09. The molecule has 1 aromatic rings. The number of amides is 1. The molecule has 0 saturated heterocycles. The zero-order valence-electron chi connectivity index (χ0n) is 10.4. The maximum absolute atomic E-state index is 12.2. The molecule has 16 heavy (non-hydrogen) atoms. The zero-order valence-corrected chi connectivity index (χ0v) is 10.4. The third-order valence-corrected chi connectivity index (χ3v) is 2.85. The number of hydrogen-bond acceptors (Lipinski definition) is 4. The van der Waals surface area contributed by atoms with E-state index < -0.39 is 5.54 Å². The lowest BCUT2D eigenvalue weighted by Crippen LogP contribution is -2.47. The van der Waals surface area contributed by atoms with E-state index in [1.54, 1.807) is 34.7 Å². The second kappa shape index (κ2) is 4.25. The lowest BCUT2D eigenvalue weighted by molar-refractivity contribution is 0.0471. The van der Waals surface area contributed by atoms with E-state index in [0.29, 0.717) is 17.0 Å². The molecule has 0 aromatic carbocycles. The summed E-state index contributed by atoms with van der Waals surface area (Å²) in [4.78, 5) is 13.7. The van der Waals surface area contributed by atoms with Gasteiger partial charge in [0.15, 0.2) is 0 Å². The fourth-order valence-corrected chi connectivity index (χ4v) is 1.34. The van der Waals surface area contributed by atoms with Crippen LogP contribution in [0.1, 0.15) is 35.7 Å². The standard InChI is InChI=1S/C11H18N2O3/c1-7-9(8(2)16-12-7)10(15)13(5)11(3,4)6-14/h14H,6H2,1-5H3. The fourth-order valence-electron chi connectivity index (χ4n) is 1.34. The molecule has 5 nitrogen and oxygen atoms in total. The van der Waals surface area contributed by atoms with Crippen molar-refractivity contribution in [1.29, 1.82) is 0 Å². The summed E-state index contributed by atoms with van der Waals surface area (Å²) in [7, 11) is 1.66. The summed E-state index contributed by atoms with van der Waals surface area (Å²) in [5.41, 5.74) is 0.444. The van der Waals surface area contributed by atoms with Crippen molar-refractivity contribution in [2.24, 2.45) is 0 Å². The van der Waals surface area contributed by atoms with Crippen LogP contribution in [0, 0.1) is 13.8 Å². The lowest BCUT2D eigenvalue weighted by atomic mass is 10.0. The van der Waals surface area contributed by atoms with Gasteiger partial charge >= 0.3 is 0 Å². The molecule has 0 atom stereocenters. The van der Waals surface area contributed by atoms with Gasteiger partial charge in [-0.2, -0.15) is 0 Å². The Labute approximate surface area is 95.0 Å². The first kappa shape index (κ1) is 12.7. The highest BCUT2D eigenvalue weighted by Gasteiger charge is 2.30. The van der Waals surface area contributed by atoms with Crippen molar-refractivity contribution in [3.05, 3.63) is 17.0 Å². The molecule has 0 unspecified atom stereocenters. The summed E-state index contributed by atoms with van der Waals surface area (Å²) in [6.45, 7) is 6.92. The van der Waals surface area contributed by atoms with Crippen LogP contribution < -0.4 is 0 Å². The number of carbonyl (C=O) groups is 1. The van der Waals surface area contributed by atoms with Crippen molar-refractivity contribution < 1.29 is 14.4 Å². The molecule has 0 spiro atoms. The van der Waals surface area contributed by atoms with Gasteiger partial charge in [-0.15, -0.1) is 0 Å². The molecule has 0 aliphatic rings. The number of aliphatic hydroxyl groups excluding tert-OH is 1. The maximum atomic E-state index is 12.2. The maximum Gasteiger partial charge on any atom is 0.259 e. The van der Waals surface area contributed by atoms with E-state index in [2.05, 4.69) is 5.16 Å². The van der Waals surface area contributed by atoms with Gasteiger partial charge < -0.3 is 14.5 Å². The quantitative estimate of drug-likeness (QED) is 0.839. The predicted molar refractivity (Wildman–Crippen MR) is 59.2 cm³/mol. The van der Waals surface area contributed by atoms with Gasteiger partial charge in [0.25, 0.3) is 5.91 Å². The Kier molecular flexibility index (Phi) is 3.38. The van der Waals surface area contributed by atoms with E-state index >= 15 is 0 Å². The molecule has 5 heteroatoms. The summed E-state index contributed by atoms with van der Waals surface area (Å²) in [5.74, 6) is 0.318. The smallest absolute Gasteiger partial charge is 0.259 e. The molecule has 1 amide bonds. The summed E-state index contributed by atoms with van der Waals surface area (Å²) < 4.78 is 4.95. The summed E-state index contributed by atoms with van der Waals surface area (Å²) in [6.07, 6.45) is 0. The van der Waals surface area contributed by atoms with Crippen LogP contribution in [0.15, 0.2) is 4.52 Å². The normalized spacial score (nSPS) is 11.6. The second-order valence-electron chi connectivity index (χ2n) is 4.53. The zero-order chi connectivity index (χ0) is 12.5. The summed E-state index contributed by atoms with van der Waals surface area (Å²) in [6, 6.07) is 0. The van der Waals surface area contributed by atoms with Gasteiger partial charge in [-0.25, -0.2) is 0 Å². The van der Waals surface area contributed by atoms with Crippen LogP contribution in [0.2, 0.25) is 0 Å². The van der Waals surface area contributed by atoms with Gasteiger partial charge in [-0.1, -0.05) is 5.16 Å². The molecular formula is C11H18N2O3. The van der Waals surface area contributed by atoms with E-state index in [9.17, 15) is 9.90 Å². The molecule has 1 rings (SSSR count). The van der Waals surface area contributed by atoms with E-state index in [4.69, 9.17) is 4.52 Å². The molecule has 0 saturated carbocycles. The number of carbonyl (C=O) groups excluding carboxylic acids is 1. The van der Waals surface area contributed by atoms with E-state index in [0.717, 1.165) is 0 Å². The molecule has 0 radical (unpaired) electrons. The van der Waals surface area contributed by atoms with Gasteiger partial charge in [0.05, 0.1) is 17.8 Å². The number of rotatable bonds is 3. The second-order valence-corrected chi connectivity index (χ2v) is 4.53. The van der Waals surface area contributed by atoms with Crippen molar-refractivity contribution >= 4 is 5.91 Å². The Morgan fingerprint density at radius 2 is 2.06 bits per heavy atom. The van der Waals surface area contributed by atoms with Crippen LogP contribution in [0.4, 0.5) is 0 Å². The van der Waals surface area contributed by atoms with Crippen molar-refractivity contribution in [3.63, 3.8) is 0 Å². The van der Waals surface area contributed by atoms with E-state index in [1.807, 2.05) is 0 Å². The minimum Gasteiger partial charge on any atom is -0.394 e. The molecule has 0 aliphatic heterocycles. The molecule has 0 aliphatic carbocycles. The van der Waals surface area contributed by atoms with Crippen molar-refractivity contribution in [1.82, 2.24) is 10.1 Å². The first-order chi connectivity index (χ1) is 7.31. The molecular weight excluding hydrogens is 208 g/mol. The van der Waals surface area contributed by atoms with E-state index in [1.165, 1.54) is 4.90 Å². The van der Waals surface area contributed by atoms with Crippen LogP contribution >= 0.6 is 0 Å². The van der Waals surface area contributed by atoms with Gasteiger partial charge in [0.2, 0.25) is 0 Å². The number of aliphatic hydroxyl groups is 1. The largest absolute Gasteiger partial charge is 0.394 e. The fraction of sp³-hybridized carbons (Fsp3) is 0.636. The van der Waals surface area contributed by atoms with Crippen molar-refractivity contribution in [2.75, 3.05) is 13.7 Å². The Hall–Kier alpha value is -1.36. The number of aryl methyl sites for hydroxylation is 2. The highest BCUT2D eigenvalue weighted by atomic mass is 16.5. The van der Waals surface area contributed by atoms with Crippen LogP contribution in [0.3, 0.4) is 0 Å². The minimum atomic E-state index is -0.604. The summed E-state index contributed by atoms with van der Waals surface area (Å²) >= 11 is 0. The number of nitrogens with zero attached hydrogens (tertiary/aromatic N) is 2. The molecule has 1 aromatic heterocycles. The van der Waals surface area contributed by atoms with Crippen molar-refractivity contribution in [3.8, 4) is 0 Å². The Morgan fingerprint density at radius 1 is 1.50 bits per heavy atom. The van der Waals surface area contributed by atoms with Gasteiger partial charge in [0, 0.05) is 7.05 Å². The highest BCUT2D eigenvalue weighted by molar-refractivity contribution is 5.96. The molecule has 90 valence electrons. The predicted octanol–water partition coefficient (Wildman–Crippen LogP) is 1.13. The first-order valence-electron chi connectivity index (χ1n) is 5.13. The van der Waals surface area contributed by atoms with Gasteiger partial charge in [0.1, 0.15) is 11.3 Å². The van der Waals surface area contributed by atoms with Crippen LogP contribution in [-0.2, 0) is 0 Å². The molecule has 0 bridgehead atoms.